The zero-order chi connectivity index (χ0) is 16.1. The maximum atomic E-state index is 12.7. The number of aromatic nitrogens is 2. The Morgan fingerprint density at radius 1 is 1.18 bits per heavy atom. The smallest absolute Gasteiger partial charge is 0.278 e. The van der Waals surface area contributed by atoms with Crippen LogP contribution in [0.4, 0.5) is 5.69 Å². The van der Waals surface area contributed by atoms with Crippen molar-refractivity contribution in [3.63, 3.8) is 0 Å². The van der Waals surface area contributed by atoms with Gasteiger partial charge in [-0.2, -0.15) is 5.10 Å². The van der Waals surface area contributed by atoms with E-state index in [1.165, 1.54) is 17.7 Å². The third-order valence-corrected chi connectivity index (χ3v) is 3.35. The van der Waals surface area contributed by atoms with E-state index < -0.39 is 0 Å². The van der Waals surface area contributed by atoms with Crippen molar-refractivity contribution in [2.75, 3.05) is 11.4 Å². The van der Waals surface area contributed by atoms with Crippen molar-refractivity contribution in [3.05, 3.63) is 58.0 Å². The lowest BCUT2D eigenvalue weighted by Crippen LogP contribution is -2.35. The zero-order valence-electron chi connectivity index (χ0n) is 13.2. The summed E-state index contributed by atoms with van der Waals surface area (Å²) in [5.74, 6) is 0.103. The van der Waals surface area contributed by atoms with E-state index in [-0.39, 0.29) is 17.2 Å². The average Bonchev–Trinajstić information content (AvgIpc) is 2.53. The minimum atomic E-state index is -0.320. The van der Waals surface area contributed by atoms with E-state index in [4.69, 9.17) is 0 Å². The lowest BCUT2D eigenvalue weighted by molar-refractivity contribution is 0.0978. The zero-order valence-corrected chi connectivity index (χ0v) is 13.2. The molecule has 2 rings (SSSR count). The molecule has 0 aliphatic heterocycles. The van der Waals surface area contributed by atoms with Gasteiger partial charge in [0.25, 0.3) is 11.5 Å². The Balaban J connectivity index is 2.33. The minimum Gasteiger partial charge on any atom is -0.307 e. The van der Waals surface area contributed by atoms with Crippen LogP contribution in [0.2, 0.25) is 0 Å². The maximum absolute atomic E-state index is 12.7. The lowest BCUT2D eigenvalue weighted by atomic mass is 10.1. The van der Waals surface area contributed by atoms with Crippen LogP contribution in [0.3, 0.4) is 0 Å². The number of nitrogens with one attached hydrogen (secondary N) is 1. The van der Waals surface area contributed by atoms with Crippen LogP contribution in [0.15, 0.2) is 41.2 Å². The molecule has 5 nitrogen and oxygen atoms in total. The largest absolute Gasteiger partial charge is 0.307 e. The standard InChI is InChI=1S/C17H21N3O2/c1-4-13-5-7-14(8-6-13)20(11-12(2)3)17(22)15-9-10-16(21)19-18-15/h5-10,12H,4,11H2,1-3H3,(H,19,21). The van der Waals surface area contributed by atoms with E-state index in [0.717, 1.165) is 12.1 Å². The molecule has 0 saturated heterocycles. The molecular formula is C17H21N3O2. The van der Waals surface area contributed by atoms with Gasteiger partial charge >= 0.3 is 0 Å². The Kier molecular flexibility index (Phi) is 5.09. The lowest BCUT2D eigenvalue weighted by Gasteiger charge is -2.24. The van der Waals surface area contributed by atoms with Crippen LogP contribution in [-0.2, 0) is 6.42 Å². The third kappa shape index (κ3) is 3.81. The van der Waals surface area contributed by atoms with Crippen molar-refractivity contribution in [2.45, 2.75) is 27.2 Å². The number of amides is 1. The van der Waals surface area contributed by atoms with Crippen molar-refractivity contribution >= 4 is 11.6 Å². The van der Waals surface area contributed by atoms with E-state index in [0.29, 0.717) is 12.5 Å². The third-order valence-electron chi connectivity index (χ3n) is 3.35. The molecule has 0 bridgehead atoms. The van der Waals surface area contributed by atoms with Crippen molar-refractivity contribution in [2.24, 2.45) is 5.92 Å². The molecule has 0 saturated carbocycles. The minimum absolute atomic E-state index is 0.214. The number of aryl methyl sites for hydroxylation is 1. The van der Waals surface area contributed by atoms with E-state index >= 15 is 0 Å². The summed E-state index contributed by atoms with van der Waals surface area (Å²) >= 11 is 0. The van der Waals surface area contributed by atoms with Gasteiger partial charge in [-0.3, -0.25) is 9.59 Å². The fourth-order valence-corrected chi connectivity index (χ4v) is 2.18. The van der Waals surface area contributed by atoms with Gasteiger partial charge in [-0.1, -0.05) is 32.9 Å². The van der Waals surface area contributed by atoms with Gasteiger partial charge in [0.05, 0.1) is 0 Å². The molecule has 22 heavy (non-hydrogen) atoms. The predicted octanol–water partition coefficient (Wildman–Crippen LogP) is 2.64. The topological polar surface area (TPSA) is 66.1 Å². The number of anilines is 1. The van der Waals surface area contributed by atoms with Gasteiger partial charge in [0.1, 0.15) is 5.69 Å². The molecule has 116 valence electrons. The average molecular weight is 299 g/mol. The molecule has 1 aromatic heterocycles. The molecular weight excluding hydrogens is 278 g/mol. The van der Waals surface area contributed by atoms with E-state index in [1.807, 2.05) is 24.3 Å². The molecule has 0 unspecified atom stereocenters. The van der Waals surface area contributed by atoms with Crippen molar-refractivity contribution < 1.29 is 4.79 Å². The SMILES string of the molecule is CCc1ccc(N(CC(C)C)C(=O)c2ccc(=O)[nH]n2)cc1. The van der Waals surface area contributed by atoms with Crippen LogP contribution in [-0.4, -0.2) is 22.6 Å². The van der Waals surface area contributed by atoms with E-state index in [2.05, 4.69) is 31.0 Å². The first-order valence-corrected chi connectivity index (χ1v) is 7.47. The van der Waals surface area contributed by atoms with Gasteiger partial charge in [-0.25, -0.2) is 5.10 Å². The molecule has 1 aromatic carbocycles. The van der Waals surface area contributed by atoms with Gasteiger partial charge in [0.15, 0.2) is 0 Å². The summed E-state index contributed by atoms with van der Waals surface area (Å²) in [5, 5.41) is 6.14. The Morgan fingerprint density at radius 3 is 2.36 bits per heavy atom. The van der Waals surface area contributed by atoms with Crippen LogP contribution in [0.25, 0.3) is 0 Å². The summed E-state index contributed by atoms with van der Waals surface area (Å²) in [5.41, 5.74) is 1.98. The molecule has 1 heterocycles. The molecule has 0 atom stereocenters. The first kappa shape index (κ1) is 15.9. The highest BCUT2D eigenvalue weighted by Gasteiger charge is 2.20. The van der Waals surface area contributed by atoms with Gasteiger partial charge in [-0.05, 0) is 36.1 Å². The summed E-state index contributed by atoms with van der Waals surface area (Å²) in [7, 11) is 0. The number of nitrogens with zero attached hydrogens (tertiary/aromatic N) is 2. The number of carbonyl (C=O) groups excluding carboxylic acids is 1. The fraction of sp³-hybridized carbons (Fsp3) is 0.353. The number of hydrogen-bond acceptors (Lipinski definition) is 3. The van der Waals surface area contributed by atoms with Gasteiger partial charge in [0.2, 0.25) is 0 Å². The number of H-pyrrole nitrogens is 1. The molecule has 0 aliphatic rings. The Bertz CT molecular complexity index is 669. The van der Waals surface area contributed by atoms with Crippen LogP contribution in [0.1, 0.15) is 36.8 Å². The van der Waals surface area contributed by atoms with E-state index in [9.17, 15) is 9.59 Å². The molecule has 5 heteroatoms. The highest BCUT2D eigenvalue weighted by molar-refractivity contribution is 6.04. The second-order valence-corrected chi connectivity index (χ2v) is 5.64. The maximum Gasteiger partial charge on any atom is 0.278 e. The van der Waals surface area contributed by atoms with Crippen molar-refractivity contribution in [1.29, 1.82) is 0 Å². The van der Waals surface area contributed by atoms with Crippen LogP contribution >= 0.6 is 0 Å². The van der Waals surface area contributed by atoms with Gasteiger partial charge in [-0.15, -0.1) is 0 Å². The molecule has 1 amide bonds. The van der Waals surface area contributed by atoms with Crippen molar-refractivity contribution in [3.8, 4) is 0 Å². The summed E-state index contributed by atoms with van der Waals surface area (Å²) in [6.45, 7) is 6.80. The highest BCUT2D eigenvalue weighted by Crippen LogP contribution is 2.19. The Hall–Kier alpha value is -2.43. The second-order valence-electron chi connectivity index (χ2n) is 5.64. The number of hydrogen-bond donors (Lipinski definition) is 1. The fourth-order valence-electron chi connectivity index (χ4n) is 2.18. The van der Waals surface area contributed by atoms with Crippen LogP contribution in [0.5, 0.6) is 0 Å². The Morgan fingerprint density at radius 2 is 1.86 bits per heavy atom. The van der Waals surface area contributed by atoms with Crippen LogP contribution < -0.4 is 10.5 Å². The molecule has 2 aromatic rings. The molecule has 1 N–H and O–H groups in total. The number of rotatable bonds is 5. The first-order valence-electron chi connectivity index (χ1n) is 7.47. The first-order chi connectivity index (χ1) is 10.5. The molecule has 0 radical (unpaired) electrons. The summed E-state index contributed by atoms with van der Waals surface area (Å²) in [6.07, 6.45) is 0.958. The molecule has 0 spiro atoms. The monoisotopic (exact) mass is 299 g/mol. The van der Waals surface area contributed by atoms with E-state index in [1.54, 1.807) is 4.90 Å². The molecule has 0 aliphatic carbocycles. The Labute approximate surface area is 130 Å². The summed E-state index contributed by atoms with van der Waals surface area (Å²) < 4.78 is 0. The quantitative estimate of drug-likeness (QED) is 0.923. The normalized spacial score (nSPS) is 10.7. The number of aromatic amines is 1. The van der Waals surface area contributed by atoms with Gasteiger partial charge in [0, 0.05) is 18.3 Å². The number of carbonyl (C=O) groups is 1. The second kappa shape index (κ2) is 7.02. The predicted molar refractivity (Wildman–Crippen MR) is 87.2 cm³/mol. The molecule has 0 fully saturated rings. The van der Waals surface area contributed by atoms with Crippen molar-refractivity contribution in [1.82, 2.24) is 10.2 Å². The van der Waals surface area contributed by atoms with Crippen LogP contribution in [0, 0.1) is 5.92 Å². The summed E-state index contributed by atoms with van der Waals surface area (Å²) in [6, 6.07) is 10.7. The summed E-state index contributed by atoms with van der Waals surface area (Å²) in [4.78, 5) is 25.5. The van der Waals surface area contributed by atoms with Gasteiger partial charge < -0.3 is 4.90 Å². The highest BCUT2D eigenvalue weighted by atomic mass is 16.2. The number of benzene rings is 1.